The second kappa shape index (κ2) is 7.41. The number of carbonyl (C=O) groups excluding carboxylic acids is 2. The number of hydrogen-bond donors (Lipinski definition) is 0. The summed E-state index contributed by atoms with van der Waals surface area (Å²) in [7, 11) is 0. The standard InChI is InChI=1S/C19H16F3N3O3/c1-11-7-14(12(2)25(11)10-19(20,21)22)17(26)9-28-18(27)13-3-4-15-16(8-13)24-6-5-23-15/h3-8H,9-10H2,1-2H3. The number of rotatable bonds is 5. The summed E-state index contributed by atoms with van der Waals surface area (Å²) >= 11 is 0. The molecule has 1 aromatic carbocycles. The van der Waals surface area contributed by atoms with Gasteiger partial charge < -0.3 is 9.30 Å². The molecule has 3 rings (SSSR count). The van der Waals surface area contributed by atoms with Crippen LogP contribution in [0.1, 0.15) is 32.1 Å². The van der Waals surface area contributed by atoms with Crippen LogP contribution in [0.2, 0.25) is 0 Å². The normalized spacial score (nSPS) is 11.6. The molecule has 146 valence electrons. The summed E-state index contributed by atoms with van der Waals surface area (Å²) in [6.45, 7) is 1.15. The van der Waals surface area contributed by atoms with E-state index in [1.165, 1.54) is 44.4 Å². The van der Waals surface area contributed by atoms with Crippen molar-refractivity contribution in [3.8, 4) is 0 Å². The van der Waals surface area contributed by atoms with Crippen LogP contribution in [-0.4, -0.2) is 39.1 Å². The van der Waals surface area contributed by atoms with Crippen LogP contribution in [0.5, 0.6) is 0 Å². The number of halogens is 3. The van der Waals surface area contributed by atoms with E-state index in [1.54, 1.807) is 6.07 Å². The molecule has 0 radical (unpaired) electrons. The van der Waals surface area contributed by atoms with Gasteiger partial charge in [-0.15, -0.1) is 0 Å². The Labute approximate surface area is 158 Å². The molecule has 6 nitrogen and oxygen atoms in total. The summed E-state index contributed by atoms with van der Waals surface area (Å²) in [4.78, 5) is 32.7. The van der Waals surface area contributed by atoms with Crippen molar-refractivity contribution in [3.05, 3.63) is 59.2 Å². The number of Topliss-reactive ketones (excluding diaryl/α,β-unsaturated/α-hetero) is 1. The van der Waals surface area contributed by atoms with E-state index in [-0.39, 0.29) is 16.8 Å². The van der Waals surface area contributed by atoms with E-state index in [9.17, 15) is 22.8 Å². The molecular weight excluding hydrogens is 375 g/mol. The second-order valence-corrected chi connectivity index (χ2v) is 6.25. The first-order valence-electron chi connectivity index (χ1n) is 8.30. The number of nitrogens with zero attached hydrogens (tertiary/aromatic N) is 3. The lowest BCUT2D eigenvalue weighted by atomic mass is 10.1. The zero-order valence-electron chi connectivity index (χ0n) is 15.1. The molecule has 0 fully saturated rings. The molecule has 3 aromatic rings. The van der Waals surface area contributed by atoms with Crippen LogP contribution >= 0.6 is 0 Å². The highest BCUT2D eigenvalue weighted by molar-refractivity contribution is 6.01. The van der Waals surface area contributed by atoms with Crippen molar-refractivity contribution < 1.29 is 27.5 Å². The van der Waals surface area contributed by atoms with Crippen LogP contribution < -0.4 is 0 Å². The number of alkyl halides is 3. The summed E-state index contributed by atoms with van der Waals surface area (Å²) in [6, 6.07) is 5.96. The van der Waals surface area contributed by atoms with Gasteiger partial charge in [-0.1, -0.05) is 0 Å². The number of ketones is 1. The lowest BCUT2D eigenvalue weighted by Gasteiger charge is -2.12. The minimum absolute atomic E-state index is 0.0962. The van der Waals surface area contributed by atoms with Crippen LogP contribution in [0, 0.1) is 13.8 Å². The van der Waals surface area contributed by atoms with Gasteiger partial charge in [-0.3, -0.25) is 14.8 Å². The summed E-state index contributed by atoms with van der Waals surface area (Å²) in [5, 5.41) is 0. The Kier molecular flexibility index (Phi) is 5.17. The Morgan fingerprint density at radius 2 is 1.75 bits per heavy atom. The maximum absolute atomic E-state index is 12.7. The smallest absolute Gasteiger partial charge is 0.406 e. The van der Waals surface area contributed by atoms with E-state index in [0.717, 1.165) is 4.57 Å². The first-order valence-corrected chi connectivity index (χ1v) is 8.30. The predicted octanol–water partition coefficient (Wildman–Crippen LogP) is 3.65. The van der Waals surface area contributed by atoms with Crippen molar-refractivity contribution in [1.82, 2.24) is 14.5 Å². The van der Waals surface area contributed by atoms with E-state index in [4.69, 9.17) is 4.74 Å². The highest BCUT2D eigenvalue weighted by atomic mass is 19.4. The number of benzene rings is 1. The molecule has 28 heavy (non-hydrogen) atoms. The van der Waals surface area contributed by atoms with E-state index in [1.807, 2.05) is 0 Å². The molecule has 2 aromatic heterocycles. The van der Waals surface area contributed by atoms with E-state index < -0.39 is 31.1 Å². The second-order valence-electron chi connectivity index (χ2n) is 6.25. The average molecular weight is 391 g/mol. The number of aryl methyl sites for hydroxylation is 1. The Morgan fingerprint density at radius 1 is 1.07 bits per heavy atom. The molecule has 9 heteroatoms. The van der Waals surface area contributed by atoms with Crippen molar-refractivity contribution in [2.24, 2.45) is 0 Å². The number of fused-ring (bicyclic) bond motifs is 1. The van der Waals surface area contributed by atoms with Crippen LogP contribution in [0.25, 0.3) is 11.0 Å². The molecule has 0 bridgehead atoms. The highest BCUT2D eigenvalue weighted by Crippen LogP contribution is 2.23. The molecule has 0 aliphatic heterocycles. The summed E-state index contributed by atoms with van der Waals surface area (Å²) in [6.07, 6.45) is -1.40. The highest BCUT2D eigenvalue weighted by Gasteiger charge is 2.30. The van der Waals surface area contributed by atoms with Gasteiger partial charge in [0, 0.05) is 29.3 Å². The largest absolute Gasteiger partial charge is 0.454 e. The van der Waals surface area contributed by atoms with Gasteiger partial charge in [0.15, 0.2) is 6.61 Å². The zero-order valence-corrected chi connectivity index (χ0v) is 15.1. The van der Waals surface area contributed by atoms with E-state index >= 15 is 0 Å². The van der Waals surface area contributed by atoms with Gasteiger partial charge >= 0.3 is 12.1 Å². The Morgan fingerprint density at radius 3 is 2.43 bits per heavy atom. The van der Waals surface area contributed by atoms with Crippen LogP contribution in [0.3, 0.4) is 0 Å². The zero-order chi connectivity index (χ0) is 20.5. The van der Waals surface area contributed by atoms with Crippen LogP contribution in [-0.2, 0) is 11.3 Å². The summed E-state index contributed by atoms with van der Waals surface area (Å²) in [5.74, 6) is -1.31. The van der Waals surface area contributed by atoms with Crippen LogP contribution in [0.15, 0.2) is 36.7 Å². The molecular formula is C19H16F3N3O3. The number of hydrogen-bond acceptors (Lipinski definition) is 5. The Hall–Kier alpha value is -3.23. The van der Waals surface area contributed by atoms with Crippen molar-refractivity contribution in [1.29, 1.82) is 0 Å². The molecule has 0 N–H and O–H groups in total. The first kappa shape index (κ1) is 19.5. The lowest BCUT2D eigenvalue weighted by molar-refractivity contribution is -0.141. The molecule has 0 aliphatic rings. The average Bonchev–Trinajstić information content (AvgIpc) is 2.92. The molecule has 0 aliphatic carbocycles. The summed E-state index contributed by atoms with van der Waals surface area (Å²) < 4.78 is 44.1. The van der Waals surface area contributed by atoms with Gasteiger partial charge in [0.25, 0.3) is 0 Å². The summed E-state index contributed by atoms with van der Waals surface area (Å²) in [5.41, 5.74) is 1.88. The molecule has 0 saturated carbocycles. The fraction of sp³-hybridized carbons (Fsp3) is 0.263. The van der Waals surface area contributed by atoms with Crippen molar-refractivity contribution in [3.63, 3.8) is 0 Å². The topological polar surface area (TPSA) is 74.1 Å². The third-order valence-electron chi connectivity index (χ3n) is 4.25. The first-order chi connectivity index (χ1) is 13.2. The van der Waals surface area contributed by atoms with Gasteiger partial charge in [-0.25, -0.2) is 4.79 Å². The predicted molar refractivity (Wildman–Crippen MR) is 94.1 cm³/mol. The fourth-order valence-corrected chi connectivity index (χ4v) is 2.89. The Balaban J connectivity index is 1.71. The van der Waals surface area contributed by atoms with Gasteiger partial charge in [-0.05, 0) is 38.1 Å². The van der Waals surface area contributed by atoms with E-state index in [0.29, 0.717) is 16.7 Å². The van der Waals surface area contributed by atoms with Gasteiger partial charge in [0.2, 0.25) is 5.78 Å². The third kappa shape index (κ3) is 4.19. The van der Waals surface area contributed by atoms with Gasteiger partial charge in [0.1, 0.15) is 6.54 Å². The van der Waals surface area contributed by atoms with Crippen molar-refractivity contribution in [2.75, 3.05) is 6.61 Å². The number of carbonyl (C=O) groups is 2. The maximum atomic E-state index is 12.7. The van der Waals surface area contributed by atoms with Crippen molar-refractivity contribution >= 4 is 22.8 Å². The molecule has 0 saturated heterocycles. The lowest BCUT2D eigenvalue weighted by Crippen LogP contribution is -2.20. The minimum atomic E-state index is -4.40. The quantitative estimate of drug-likeness (QED) is 0.490. The van der Waals surface area contributed by atoms with Crippen molar-refractivity contribution in [2.45, 2.75) is 26.6 Å². The molecule has 2 heterocycles. The molecule has 0 unspecified atom stereocenters. The number of aromatic nitrogens is 3. The van der Waals surface area contributed by atoms with Gasteiger partial charge in [-0.2, -0.15) is 13.2 Å². The van der Waals surface area contributed by atoms with Gasteiger partial charge in [0.05, 0.1) is 16.6 Å². The number of esters is 1. The Bertz CT molecular complexity index is 1060. The number of ether oxygens (including phenoxy) is 1. The van der Waals surface area contributed by atoms with Crippen LogP contribution in [0.4, 0.5) is 13.2 Å². The third-order valence-corrected chi connectivity index (χ3v) is 4.25. The maximum Gasteiger partial charge on any atom is 0.406 e. The molecule has 0 amide bonds. The molecule has 0 spiro atoms. The minimum Gasteiger partial charge on any atom is -0.454 e. The fourth-order valence-electron chi connectivity index (χ4n) is 2.89. The molecule has 0 atom stereocenters. The monoisotopic (exact) mass is 391 g/mol. The van der Waals surface area contributed by atoms with E-state index in [2.05, 4.69) is 9.97 Å². The SMILES string of the molecule is Cc1cc(C(=O)COC(=O)c2ccc3nccnc3c2)c(C)n1CC(F)(F)F.